The van der Waals surface area contributed by atoms with Crippen molar-refractivity contribution >= 4 is 39.0 Å². The molecule has 5 nitrogen and oxygen atoms in total. The van der Waals surface area contributed by atoms with E-state index in [1.165, 1.54) is 25.0 Å². The normalized spacial score (nSPS) is 20.4. The molecular formula is C21H15N3O2S. The fourth-order valence-electron chi connectivity index (χ4n) is 4.32. The van der Waals surface area contributed by atoms with E-state index >= 15 is 0 Å². The van der Waals surface area contributed by atoms with Crippen LogP contribution in [0.4, 0.5) is 0 Å². The van der Waals surface area contributed by atoms with Crippen molar-refractivity contribution in [2.24, 2.45) is 0 Å². The van der Waals surface area contributed by atoms with Crippen LogP contribution in [0.15, 0.2) is 52.1 Å². The summed E-state index contributed by atoms with van der Waals surface area (Å²) in [5.74, 6) is 1.13. The maximum atomic E-state index is 12.7. The Morgan fingerprint density at radius 3 is 2.52 bits per heavy atom. The van der Waals surface area contributed by atoms with Crippen LogP contribution in [0.25, 0.3) is 22.1 Å². The third-order valence-corrected chi connectivity index (χ3v) is 6.39. The number of aromatic nitrogens is 3. The van der Waals surface area contributed by atoms with E-state index in [0.29, 0.717) is 28.2 Å². The summed E-state index contributed by atoms with van der Waals surface area (Å²) in [7, 11) is 0. The molecule has 0 amide bonds. The van der Waals surface area contributed by atoms with Gasteiger partial charge in [-0.25, -0.2) is 15.0 Å². The number of rotatable bonds is 2. The van der Waals surface area contributed by atoms with Gasteiger partial charge < -0.3 is 4.42 Å². The van der Waals surface area contributed by atoms with Gasteiger partial charge in [0.25, 0.3) is 5.22 Å². The van der Waals surface area contributed by atoms with Crippen LogP contribution in [0, 0.1) is 0 Å². The molecule has 2 aliphatic rings. The number of fused-ring (bicyclic) bond motifs is 7. The van der Waals surface area contributed by atoms with E-state index in [1.54, 1.807) is 0 Å². The lowest BCUT2D eigenvalue weighted by atomic mass is 10.00. The second-order valence-corrected chi connectivity index (χ2v) is 8.17. The summed E-state index contributed by atoms with van der Waals surface area (Å²) >= 11 is 1.00. The molecule has 2 bridgehead atoms. The summed E-state index contributed by atoms with van der Waals surface area (Å²) in [5.41, 5.74) is 6.02. The molecule has 0 N–H and O–H groups in total. The van der Waals surface area contributed by atoms with Gasteiger partial charge in [-0.3, -0.25) is 4.79 Å². The summed E-state index contributed by atoms with van der Waals surface area (Å²) in [6.07, 6.45) is 3.63. The van der Waals surface area contributed by atoms with Gasteiger partial charge in [-0.1, -0.05) is 12.1 Å². The Bertz CT molecular complexity index is 1200. The standard InChI is InChI=1S/C21H15N3O2S/c25-20(27-21-24-15-3-1-2-4-17(15)26-21)13-7-8-14-16(10-13)23-19-12-6-5-11(9-12)18(19)22-14/h1-4,7-8,10-12H,5-6,9H2. The minimum atomic E-state index is -0.104. The van der Waals surface area contributed by atoms with Crippen molar-refractivity contribution in [1.82, 2.24) is 15.0 Å². The highest BCUT2D eigenvalue weighted by molar-refractivity contribution is 8.14. The van der Waals surface area contributed by atoms with Crippen molar-refractivity contribution in [1.29, 1.82) is 0 Å². The zero-order chi connectivity index (χ0) is 18.0. The first-order valence-electron chi connectivity index (χ1n) is 9.14. The molecule has 1 fully saturated rings. The van der Waals surface area contributed by atoms with Gasteiger partial charge in [-0.2, -0.15) is 0 Å². The quantitative estimate of drug-likeness (QED) is 0.457. The second kappa shape index (κ2) is 5.63. The van der Waals surface area contributed by atoms with Gasteiger partial charge >= 0.3 is 0 Å². The van der Waals surface area contributed by atoms with Gasteiger partial charge in [0, 0.05) is 29.2 Å². The highest BCUT2D eigenvalue weighted by Crippen LogP contribution is 2.51. The van der Waals surface area contributed by atoms with Crippen molar-refractivity contribution in [3.63, 3.8) is 0 Å². The first-order valence-corrected chi connectivity index (χ1v) is 9.95. The summed E-state index contributed by atoms with van der Waals surface area (Å²) in [6, 6.07) is 13.0. The predicted molar refractivity (Wildman–Crippen MR) is 103 cm³/mol. The molecule has 6 rings (SSSR count). The third-order valence-electron chi connectivity index (χ3n) is 5.62. The van der Waals surface area contributed by atoms with E-state index in [-0.39, 0.29) is 5.12 Å². The topological polar surface area (TPSA) is 68.9 Å². The number of oxazole rings is 1. The van der Waals surface area contributed by atoms with Gasteiger partial charge in [-0.15, -0.1) is 0 Å². The van der Waals surface area contributed by atoms with Crippen LogP contribution in [-0.4, -0.2) is 20.1 Å². The first kappa shape index (κ1) is 15.3. The number of nitrogens with zero attached hydrogens (tertiary/aromatic N) is 3. The molecule has 0 spiro atoms. The second-order valence-electron chi connectivity index (χ2n) is 7.24. The monoisotopic (exact) mass is 373 g/mol. The number of carbonyl (C=O) groups excluding carboxylic acids is 1. The van der Waals surface area contributed by atoms with Crippen LogP contribution in [0.2, 0.25) is 0 Å². The average Bonchev–Trinajstić information content (AvgIpc) is 3.40. The number of hydrogen-bond acceptors (Lipinski definition) is 6. The van der Waals surface area contributed by atoms with Gasteiger partial charge in [0.05, 0.1) is 22.4 Å². The molecule has 2 aliphatic carbocycles. The highest BCUT2D eigenvalue weighted by Gasteiger charge is 2.39. The lowest BCUT2D eigenvalue weighted by Crippen LogP contribution is -2.05. The number of benzene rings is 2. The third kappa shape index (κ3) is 2.40. The van der Waals surface area contributed by atoms with Crippen LogP contribution in [0.5, 0.6) is 0 Å². The number of thioether (sulfide) groups is 1. The van der Waals surface area contributed by atoms with Gasteiger partial charge in [0.15, 0.2) is 5.58 Å². The van der Waals surface area contributed by atoms with Crippen LogP contribution < -0.4 is 0 Å². The van der Waals surface area contributed by atoms with Crippen molar-refractivity contribution in [3.05, 3.63) is 59.4 Å². The number of hydrogen-bond donors (Lipinski definition) is 0. The van der Waals surface area contributed by atoms with E-state index in [2.05, 4.69) is 4.98 Å². The highest BCUT2D eigenvalue weighted by atomic mass is 32.2. The van der Waals surface area contributed by atoms with Gasteiger partial charge in [0.1, 0.15) is 5.52 Å². The molecule has 2 heterocycles. The van der Waals surface area contributed by atoms with Crippen molar-refractivity contribution in [2.45, 2.75) is 36.3 Å². The number of carbonyl (C=O) groups is 1. The fraction of sp³-hybridized carbons (Fsp3) is 0.238. The maximum absolute atomic E-state index is 12.7. The zero-order valence-corrected chi connectivity index (χ0v) is 15.2. The van der Waals surface area contributed by atoms with Gasteiger partial charge in [0.2, 0.25) is 5.12 Å². The Morgan fingerprint density at radius 1 is 0.926 bits per heavy atom. The maximum Gasteiger partial charge on any atom is 0.264 e. The lowest BCUT2D eigenvalue weighted by Gasteiger charge is -2.14. The summed E-state index contributed by atoms with van der Waals surface area (Å²) in [5, 5.41) is 0.255. The Balaban J connectivity index is 1.34. The summed E-state index contributed by atoms with van der Waals surface area (Å²) < 4.78 is 5.64. The van der Waals surface area contributed by atoms with E-state index in [9.17, 15) is 4.79 Å². The first-order chi connectivity index (χ1) is 13.2. The van der Waals surface area contributed by atoms with Crippen molar-refractivity contribution < 1.29 is 9.21 Å². The number of para-hydroxylation sites is 2. The fourth-order valence-corrected chi connectivity index (χ4v) is 5.00. The minimum Gasteiger partial charge on any atom is -0.431 e. The Kier molecular flexibility index (Phi) is 3.20. The van der Waals surface area contributed by atoms with E-state index < -0.39 is 0 Å². The Hall–Kier alpha value is -2.73. The van der Waals surface area contributed by atoms with Crippen LogP contribution >= 0.6 is 11.8 Å². The molecule has 2 aromatic carbocycles. The summed E-state index contributed by atoms with van der Waals surface area (Å²) in [4.78, 5) is 26.8. The summed E-state index contributed by atoms with van der Waals surface area (Å²) in [6.45, 7) is 0. The average molecular weight is 373 g/mol. The minimum absolute atomic E-state index is 0.104. The molecule has 0 radical (unpaired) electrons. The smallest absolute Gasteiger partial charge is 0.264 e. The molecule has 0 saturated heterocycles. The Morgan fingerprint density at radius 2 is 1.70 bits per heavy atom. The lowest BCUT2D eigenvalue weighted by molar-refractivity contribution is 0.108. The largest absolute Gasteiger partial charge is 0.431 e. The Labute approximate surface area is 159 Å². The molecule has 1 saturated carbocycles. The van der Waals surface area contributed by atoms with Gasteiger partial charge in [-0.05, 0) is 49.6 Å². The molecule has 0 aliphatic heterocycles. The molecule has 2 unspecified atom stereocenters. The van der Waals surface area contributed by atoms with E-state index in [4.69, 9.17) is 14.4 Å². The molecule has 2 atom stereocenters. The van der Waals surface area contributed by atoms with Crippen LogP contribution in [-0.2, 0) is 0 Å². The zero-order valence-electron chi connectivity index (χ0n) is 14.4. The van der Waals surface area contributed by atoms with Crippen molar-refractivity contribution in [3.8, 4) is 0 Å². The van der Waals surface area contributed by atoms with E-state index in [1.807, 2.05) is 42.5 Å². The molecule has 132 valence electrons. The molecule has 4 aromatic rings. The van der Waals surface area contributed by atoms with Crippen LogP contribution in [0.1, 0.15) is 52.8 Å². The molecular weight excluding hydrogens is 358 g/mol. The molecule has 27 heavy (non-hydrogen) atoms. The van der Waals surface area contributed by atoms with Crippen molar-refractivity contribution in [2.75, 3.05) is 0 Å². The molecule has 6 heteroatoms. The van der Waals surface area contributed by atoms with Crippen LogP contribution in [0.3, 0.4) is 0 Å². The van der Waals surface area contributed by atoms with E-state index in [0.717, 1.165) is 34.0 Å². The predicted octanol–water partition coefficient (Wildman–Crippen LogP) is 5.07. The molecule has 2 aromatic heterocycles. The SMILES string of the molecule is O=C(Sc1nc2ccccc2o1)c1ccc2nc3c(nc2c1)C1CCC3C1.